The van der Waals surface area contributed by atoms with Crippen molar-refractivity contribution in [3.63, 3.8) is 0 Å². The number of hydrogen-bond acceptors (Lipinski definition) is 5. The Morgan fingerprint density at radius 3 is 3.04 bits per heavy atom. The van der Waals surface area contributed by atoms with E-state index in [2.05, 4.69) is 15.2 Å². The molecule has 6 nitrogen and oxygen atoms in total. The summed E-state index contributed by atoms with van der Waals surface area (Å²) in [5.74, 6) is 1.26. The predicted octanol–water partition coefficient (Wildman–Crippen LogP) is 4.30. The van der Waals surface area contributed by atoms with E-state index in [4.69, 9.17) is 4.42 Å². The minimum atomic E-state index is 0.0217. The maximum absolute atomic E-state index is 13.0. The highest BCUT2D eigenvalue weighted by Gasteiger charge is 2.29. The lowest BCUT2D eigenvalue weighted by Gasteiger charge is -2.30. The molecule has 1 unspecified atom stereocenters. The number of nitrogens with zero attached hydrogens (tertiary/aromatic N) is 3. The first-order valence-corrected chi connectivity index (χ1v) is 9.95. The molecular formula is C20H18N4O2S. The molecule has 27 heavy (non-hydrogen) atoms. The van der Waals surface area contributed by atoms with E-state index in [1.165, 1.54) is 0 Å². The molecule has 4 aromatic rings. The molecule has 0 aliphatic carbocycles. The number of likely N-dealkylation sites (tertiary alicyclic amines) is 1. The number of benzene rings is 1. The second-order valence-electron chi connectivity index (χ2n) is 6.82. The molecule has 1 atom stereocenters. The van der Waals surface area contributed by atoms with Crippen LogP contribution in [0, 0.1) is 0 Å². The van der Waals surface area contributed by atoms with Crippen LogP contribution in [0.4, 0.5) is 0 Å². The first kappa shape index (κ1) is 16.3. The Bertz CT molecular complexity index is 1050. The molecule has 0 saturated carbocycles. The van der Waals surface area contributed by atoms with E-state index in [1.807, 2.05) is 52.1 Å². The van der Waals surface area contributed by atoms with Gasteiger partial charge in [0, 0.05) is 34.9 Å². The zero-order chi connectivity index (χ0) is 18.2. The first-order valence-electron chi connectivity index (χ1n) is 9.01. The average Bonchev–Trinajstić information content (AvgIpc) is 3.47. The maximum Gasteiger partial charge on any atom is 0.270 e. The summed E-state index contributed by atoms with van der Waals surface area (Å²) in [4.78, 5) is 18.1. The number of para-hydroxylation sites is 1. The van der Waals surface area contributed by atoms with Gasteiger partial charge in [-0.2, -0.15) is 11.3 Å². The molecule has 5 rings (SSSR count). The normalized spacial score (nSPS) is 17.5. The molecule has 0 radical (unpaired) electrons. The minimum absolute atomic E-state index is 0.0217. The lowest BCUT2D eigenvalue weighted by Crippen LogP contribution is -2.39. The molecule has 7 heteroatoms. The molecule has 136 valence electrons. The highest BCUT2D eigenvalue weighted by molar-refractivity contribution is 7.08. The third-order valence-electron chi connectivity index (χ3n) is 5.03. The van der Waals surface area contributed by atoms with Gasteiger partial charge >= 0.3 is 0 Å². The van der Waals surface area contributed by atoms with Gasteiger partial charge in [0.05, 0.1) is 5.92 Å². The fraction of sp³-hybridized carbons (Fsp3) is 0.250. The van der Waals surface area contributed by atoms with E-state index in [1.54, 1.807) is 11.3 Å². The second kappa shape index (κ2) is 6.66. The summed E-state index contributed by atoms with van der Waals surface area (Å²) in [7, 11) is 0. The highest BCUT2D eigenvalue weighted by Crippen LogP contribution is 2.30. The lowest BCUT2D eigenvalue weighted by atomic mass is 9.98. The summed E-state index contributed by atoms with van der Waals surface area (Å²) in [5, 5.41) is 13.4. The third-order valence-corrected chi connectivity index (χ3v) is 5.71. The molecule has 0 spiro atoms. The van der Waals surface area contributed by atoms with Crippen LogP contribution < -0.4 is 0 Å². The molecule has 0 bridgehead atoms. The zero-order valence-electron chi connectivity index (χ0n) is 14.6. The molecule has 1 N–H and O–H groups in total. The Morgan fingerprint density at radius 2 is 2.19 bits per heavy atom. The van der Waals surface area contributed by atoms with Crippen LogP contribution in [0.25, 0.3) is 22.4 Å². The van der Waals surface area contributed by atoms with Crippen LogP contribution in [0.15, 0.2) is 51.6 Å². The van der Waals surface area contributed by atoms with Gasteiger partial charge in [0.15, 0.2) is 0 Å². The maximum atomic E-state index is 13.0. The molecular weight excluding hydrogens is 360 g/mol. The van der Waals surface area contributed by atoms with Gasteiger partial charge in [-0.1, -0.05) is 18.2 Å². The summed E-state index contributed by atoms with van der Waals surface area (Å²) >= 11 is 1.60. The summed E-state index contributed by atoms with van der Waals surface area (Å²) < 4.78 is 5.89. The number of H-pyrrole nitrogens is 1. The highest BCUT2D eigenvalue weighted by atomic mass is 32.1. The van der Waals surface area contributed by atoms with Gasteiger partial charge in [0.2, 0.25) is 11.8 Å². The molecule has 1 saturated heterocycles. The van der Waals surface area contributed by atoms with E-state index >= 15 is 0 Å². The van der Waals surface area contributed by atoms with E-state index in [-0.39, 0.29) is 11.8 Å². The molecule has 4 heterocycles. The Balaban J connectivity index is 1.35. The van der Waals surface area contributed by atoms with Crippen molar-refractivity contribution < 1.29 is 9.21 Å². The fourth-order valence-electron chi connectivity index (χ4n) is 3.62. The smallest absolute Gasteiger partial charge is 0.270 e. The number of aromatic nitrogens is 3. The van der Waals surface area contributed by atoms with Crippen LogP contribution >= 0.6 is 11.3 Å². The van der Waals surface area contributed by atoms with E-state index < -0.39 is 0 Å². The van der Waals surface area contributed by atoms with Crippen LogP contribution in [-0.4, -0.2) is 39.1 Å². The number of thiophene rings is 1. The topological polar surface area (TPSA) is 75.0 Å². The number of fused-ring (bicyclic) bond motifs is 1. The minimum Gasteiger partial charge on any atom is -0.420 e. The quantitative estimate of drug-likeness (QED) is 0.577. The van der Waals surface area contributed by atoms with Gasteiger partial charge in [-0.3, -0.25) is 4.79 Å². The number of rotatable bonds is 3. The number of aromatic amines is 1. The number of amides is 1. The molecule has 1 amide bonds. The Hall–Kier alpha value is -2.93. The number of hydrogen-bond donors (Lipinski definition) is 1. The van der Waals surface area contributed by atoms with Crippen LogP contribution in [0.2, 0.25) is 0 Å². The first-order chi connectivity index (χ1) is 13.3. The standard InChI is InChI=1S/C20H18N4O2S/c25-20(17-10-13-4-1-2-6-16(13)21-17)24-8-3-5-14(11-24)18-22-23-19(26-18)15-7-9-27-12-15/h1-2,4,6-7,9-10,12,14,21H,3,5,8,11H2. The predicted molar refractivity (Wildman–Crippen MR) is 104 cm³/mol. The van der Waals surface area contributed by atoms with Crippen molar-refractivity contribution in [1.82, 2.24) is 20.1 Å². The number of carbonyl (C=O) groups excluding carboxylic acids is 1. The van der Waals surface area contributed by atoms with Crippen molar-refractivity contribution in [3.05, 3.63) is 58.7 Å². The Morgan fingerprint density at radius 1 is 1.26 bits per heavy atom. The lowest BCUT2D eigenvalue weighted by molar-refractivity contribution is 0.0693. The van der Waals surface area contributed by atoms with Crippen molar-refractivity contribution in [3.8, 4) is 11.5 Å². The van der Waals surface area contributed by atoms with Crippen LogP contribution in [0.1, 0.15) is 35.1 Å². The van der Waals surface area contributed by atoms with Crippen LogP contribution in [0.5, 0.6) is 0 Å². The van der Waals surface area contributed by atoms with Gasteiger partial charge in [-0.05, 0) is 36.4 Å². The third kappa shape index (κ3) is 3.04. The number of nitrogens with one attached hydrogen (secondary N) is 1. The van der Waals surface area contributed by atoms with Crippen LogP contribution in [-0.2, 0) is 0 Å². The monoisotopic (exact) mass is 378 g/mol. The van der Waals surface area contributed by atoms with Gasteiger partial charge < -0.3 is 14.3 Å². The van der Waals surface area contributed by atoms with Gasteiger partial charge in [-0.25, -0.2) is 0 Å². The van der Waals surface area contributed by atoms with Crippen LogP contribution in [0.3, 0.4) is 0 Å². The summed E-state index contributed by atoms with van der Waals surface area (Å²) in [6.07, 6.45) is 1.87. The van der Waals surface area contributed by atoms with Crippen molar-refractivity contribution in [2.24, 2.45) is 0 Å². The summed E-state index contributed by atoms with van der Waals surface area (Å²) in [6.45, 7) is 1.34. The molecule has 1 fully saturated rings. The summed E-state index contributed by atoms with van der Waals surface area (Å²) in [5.41, 5.74) is 2.55. The van der Waals surface area contributed by atoms with Gasteiger partial charge in [-0.15, -0.1) is 10.2 Å². The number of piperidine rings is 1. The van der Waals surface area contributed by atoms with E-state index in [0.717, 1.165) is 35.9 Å². The van der Waals surface area contributed by atoms with Crippen molar-refractivity contribution in [2.75, 3.05) is 13.1 Å². The molecule has 1 aliphatic rings. The number of carbonyl (C=O) groups is 1. The molecule has 3 aromatic heterocycles. The van der Waals surface area contributed by atoms with Crippen molar-refractivity contribution in [2.45, 2.75) is 18.8 Å². The Labute approximate surface area is 159 Å². The SMILES string of the molecule is O=C(c1cc2ccccc2[nH]1)N1CCCC(c2nnc(-c3ccsc3)o2)C1. The largest absolute Gasteiger partial charge is 0.420 e. The molecule has 1 aromatic carbocycles. The summed E-state index contributed by atoms with van der Waals surface area (Å²) in [6, 6.07) is 11.8. The van der Waals surface area contributed by atoms with E-state index in [0.29, 0.717) is 24.0 Å². The van der Waals surface area contributed by atoms with Gasteiger partial charge in [0.25, 0.3) is 5.91 Å². The van der Waals surface area contributed by atoms with E-state index in [9.17, 15) is 4.79 Å². The van der Waals surface area contributed by atoms with Crippen molar-refractivity contribution in [1.29, 1.82) is 0 Å². The molecule has 1 aliphatic heterocycles. The fourth-order valence-corrected chi connectivity index (χ4v) is 4.25. The van der Waals surface area contributed by atoms with Crippen molar-refractivity contribution >= 4 is 28.1 Å². The average molecular weight is 378 g/mol. The van der Waals surface area contributed by atoms with Gasteiger partial charge in [0.1, 0.15) is 5.69 Å². The zero-order valence-corrected chi connectivity index (χ0v) is 15.4. The Kier molecular flexibility index (Phi) is 4.01. The second-order valence-corrected chi connectivity index (χ2v) is 7.60.